The average Bonchev–Trinajstić information content (AvgIpc) is 2.31. The third kappa shape index (κ3) is 6.42. The molecule has 106 valence electrons. The highest BCUT2D eigenvalue weighted by Gasteiger charge is 2.06. The topological polar surface area (TPSA) is 67.6 Å². The molecule has 6 heteroatoms. The summed E-state index contributed by atoms with van der Waals surface area (Å²) >= 11 is 5.84. The highest BCUT2D eigenvalue weighted by molar-refractivity contribution is 6.31. The number of nitrogens with two attached hydrogens (primary N) is 1. The molecule has 0 fully saturated rings. The fourth-order valence-corrected chi connectivity index (χ4v) is 1.67. The SMILES string of the molecule is CN(C)CCOCCNC(=O)c1cc(N)cc(Cl)c1. The first kappa shape index (κ1) is 15.8. The van der Waals surface area contributed by atoms with Gasteiger partial charge in [0.15, 0.2) is 0 Å². The van der Waals surface area contributed by atoms with E-state index < -0.39 is 0 Å². The molecule has 3 N–H and O–H groups in total. The lowest BCUT2D eigenvalue weighted by atomic mass is 10.2. The van der Waals surface area contributed by atoms with Crippen molar-refractivity contribution >= 4 is 23.2 Å². The van der Waals surface area contributed by atoms with Gasteiger partial charge in [-0.2, -0.15) is 0 Å². The molecule has 0 aliphatic rings. The molecule has 0 aliphatic carbocycles. The standard InChI is InChI=1S/C13H20ClN3O2/c1-17(2)4-6-19-5-3-16-13(18)10-7-11(14)9-12(15)8-10/h7-9H,3-6,15H2,1-2H3,(H,16,18). The number of hydrogen-bond donors (Lipinski definition) is 2. The zero-order valence-electron chi connectivity index (χ0n) is 11.3. The van der Waals surface area contributed by atoms with Crippen LogP contribution in [-0.4, -0.2) is 51.2 Å². The van der Waals surface area contributed by atoms with Crippen molar-refractivity contribution in [3.63, 3.8) is 0 Å². The van der Waals surface area contributed by atoms with Gasteiger partial charge in [-0.3, -0.25) is 4.79 Å². The van der Waals surface area contributed by atoms with Crippen LogP contribution in [0.1, 0.15) is 10.4 Å². The molecule has 19 heavy (non-hydrogen) atoms. The number of nitrogens with one attached hydrogen (secondary N) is 1. The van der Waals surface area contributed by atoms with Gasteiger partial charge in [-0.25, -0.2) is 0 Å². The van der Waals surface area contributed by atoms with Crippen LogP contribution in [0, 0.1) is 0 Å². The second kappa shape index (κ2) is 7.99. The monoisotopic (exact) mass is 285 g/mol. The van der Waals surface area contributed by atoms with E-state index in [1.807, 2.05) is 19.0 Å². The maximum absolute atomic E-state index is 11.8. The summed E-state index contributed by atoms with van der Waals surface area (Å²) in [6, 6.07) is 4.77. The average molecular weight is 286 g/mol. The van der Waals surface area contributed by atoms with Crippen molar-refractivity contribution in [3.8, 4) is 0 Å². The van der Waals surface area contributed by atoms with E-state index in [0.717, 1.165) is 6.54 Å². The quantitative estimate of drug-likeness (QED) is 0.584. The molecule has 0 unspecified atom stereocenters. The predicted octanol–water partition coefficient (Wildman–Crippen LogP) is 1.23. The Labute approximate surface area is 118 Å². The molecule has 0 aliphatic heterocycles. The van der Waals surface area contributed by atoms with Crippen LogP contribution in [0.4, 0.5) is 5.69 Å². The van der Waals surface area contributed by atoms with Gasteiger partial charge in [0.2, 0.25) is 0 Å². The second-order valence-corrected chi connectivity index (χ2v) is 4.88. The summed E-state index contributed by atoms with van der Waals surface area (Å²) in [5.41, 5.74) is 6.56. The summed E-state index contributed by atoms with van der Waals surface area (Å²) in [4.78, 5) is 13.8. The van der Waals surface area contributed by atoms with Crippen molar-refractivity contribution in [1.29, 1.82) is 0 Å². The molecule has 5 nitrogen and oxygen atoms in total. The smallest absolute Gasteiger partial charge is 0.251 e. The molecule has 0 bridgehead atoms. The minimum Gasteiger partial charge on any atom is -0.399 e. The number of ether oxygens (including phenoxy) is 1. The van der Waals surface area contributed by atoms with E-state index in [1.54, 1.807) is 18.2 Å². The van der Waals surface area contributed by atoms with Gasteiger partial charge in [0, 0.05) is 29.4 Å². The summed E-state index contributed by atoms with van der Waals surface area (Å²) in [5.74, 6) is -0.203. The normalized spacial score (nSPS) is 10.7. The minimum absolute atomic E-state index is 0.203. The molecule has 0 heterocycles. The number of rotatable bonds is 7. The summed E-state index contributed by atoms with van der Waals surface area (Å²) in [5, 5.41) is 3.20. The van der Waals surface area contributed by atoms with Gasteiger partial charge in [-0.15, -0.1) is 0 Å². The van der Waals surface area contributed by atoms with Crippen LogP contribution in [-0.2, 0) is 4.74 Å². The first-order valence-electron chi connectivity index (χ1n) is 6.06. The number of hydrogen-bond acceptors (Lipinski definition) is 4. The van der Waals surface area contributed by atoms with Gasteiger partial charge in [-0.1, -0.05) is 11.6 Å². The molecule has 1 aromatic rings. The summed E-state index contributed by atoms with van der Waals surface area (Å²) in [6.07, 6.45) is 0. The van der Waals surface area contributed by atoms with Gasteiger partial charge in [0.25, 0.3) is 5.91 Å². The third-order valence-electron chi connectivity index (χ3n) is 2.40. The number of amides is 1. The highest BCUT2D eigenvalue weighted by Crippen LogP contribution is 2.16. The number of carbonyl (C=O) groups excluding carboxylic acids is 1. The zero-order chi connectivity index (χ0) is 14.3. The van der Waals surface area contributed by atoms with E-state index in [0.29, 0.717) is 36.0 Å². The van der Waals surface area contributed by atoms with Crippen LogP contribution in [0.5, 0.6) is 0 Å². The number of nitrogens with zero attached hydrogens (tertiary/aromatic N) is 1. The van der Waals surface area contributed by atoms with Crippen molar-refractivity contribution in [2.24, 2.45) is 0 Å². The Balaban J connectivity index is 2.27. The van der Waals surface area contributed by atoms with E-state index in [9.17, 15) is 4.79 Å². The second-order valence-electron chi connectivity index (χ2n) is 4.44. The van der Waals surface area contributed by atoms with Crippen LogP contribution in [0.2, 0.25) is 5.02 Å². The Bertz CT molecular complexity index is 404. The molecule has 1 rings (SSSR count). The first-order chi connectivity index (χ1) is 8.99. The number of likely N-dealkylation sites (N-methyl/N-ethyl adjacent to an activating group) is 1. The van der Waals surface area contributed by atoms with Gasteiger partial charge < -0.3 is 20.7 Å². The van der Waals surface area contributed by atoms with Crippen LogP contribution in [0.25, 0.3) is 0 Å². The van der Waals surface area contributed by atoms with Crippen LogP contribution in [0.15, 0.2) is 18.2 Å². The Hall–Kier alpha value is -1.30. The Morgan fingerprint density at radius 1 is 1.37 bits per heavy atom. The molecule has 0 saturated carbocycles. The summed E-state index contributed by atoms with van der Waals surface area (Å²) in [6.45, 7) is 2.44. The van der Waals surface area contributed by atoms with Crippen LogP contribution < -0.4 is 11.1 Å². The zero-order valence-corrected chi connectivity index (χ0v) is 12.0. The van der Waals surface area contributed by atoms with E-state index in [1.165, 1.54) is 0 Å². The van der Waals surface area contributed by atoms with Gasteiger partial charge in [0.1, 0.15) is 0 Å². The van der Waals surface area contributed by atoms with Crippen molar-refractivity contribution in [3.05, 3.63) is 28.8 Å². The molecule has 0 saturated heterocycles. The number of nitrogen functional groups attached to an aromatic ring is 1. The molecule has 1 aromatic carbocycles. The van der Waals surface area contributed by atoms with Gasteiger partial charge in [-0.05, 0) is 32.3 Å². The maximum atomic E-state index is 11.8. The Morgan fingerprint density at radius 2 is 2.11 bits per heavy atom. The number of benzene rings is 1. The van der Waals surface area contributed by atoms with E-state index in [-0.39, 0.29) is 5.91 Å². The van der Waals surface area contributed by atoms with Crippen LogP contribution >= 0.6 is 11.6 Å². The van der Waals surface area contributed by atoms with Gasteiger partial charge >= 0.3 is 0 Å². The number of halogens is 1. The van der Waals surface area contributed by atoms with Crippen molar-refractivity contribution in [1.82, 2.24) is 10.2 Å². The fraction of sp³-hybridized carbons (Fsp3) is 0.462. The minimum atomic E-state index is -0.203. The summed E-state index contributed by atoms with van der Waals surface area (Å²) in [7, 11) is 3.96. The van der Waals surface area contributed by atoms with Gasteiger partial charge in [0.05, 0.1) is 13.2 Å². The molecule has 0 radical (unpaired) electrons. The number of anilines is 1. The third-order valence-corrected chi connectivity index (χ3v) is 2.62. The van der Waals surface area contributed by atoms with Crippen molar-refractivity contribution < 1.29 is 9.53 Å². The molecule has 0 spiro atoms. The molecular formula is C13H20ClN3O2. The van der Waals surface area contributed by atoms with Crippen LogP contribution in [0.3, 0.4) is 0 Å². The Kier molecular flexibility index (Phi) is 6.62. The fourth-order valence-electron chi connectivity index (χ4n) is 1.43. The van der Waals surface area contributed by atoms with E-state index in [4.69, 9.17) is 22.1 Å². The maximum Gasteiger partial charge on any atom is 0.251 e. The molecule has 0 atom stereocenters. The highest BCUT2D eigenvalue weighted by atomic mass is 35.5. The lowest BCUT2D eigenvalue weighted by Crippen LogP contribution is -2.28. The summed E-state index contributed by atoms with van der Waals surface area (Å²) < 4.78 is 5.37. The largest absolute Gasteiger partial charge is 0.399 e. The van der Waals surface area contributed by atoms with Crippen molar-refractivity contribution in [2.45, 2.75) is 0 Å². The lowest BCUT2D eigenvalue weighted by Gasteiger charge is -2.10. The first-order valence-corrected chi connectivity index (χ1v) is 6.43. The van der Waals surface area contributed by atoms with E-state index >= 15 is 0 Å². The van der Waals surface area contributed by atoms with E-state index in [2.05, 4.69) is 5.32 Å². The predicted molar refractivity (Wildman–Crippen MR) is 77.6 cm³/mol. The molecular weight excluding hydrogens is 266 g/mol. The molecule has 0 aromatic heterocycles. The lowest BCUT2D eigenvalue weighted by molar-refractivity contribution is 0.0900. The number of carbonyl (C=O) groups is 1. The Morgan fingerprint density at radius 3 is 2.74 bits per heavy atom. The van der Waals surface area contributed by atoms with Crippen molar-refractivity contribution in [2.75, 3.05) is 46.1 Å². The molecule has 1 amide bonds.